The maximum Gasteiger partial charge on any atom is 0.197 e. The number of phenolic OH excluding ortho intramolecular Hbond substituents is 3. The van der Waals surface area contributed by atoms with Crippen LogP contribution in [0.4, 0.5) is 11.4 Å². The van der Waals surface area contributed by atoms with E-state index in [0.29, 0.717) is 97.2 Å². The molecule has 0 saturated carbocycles. The Kier molecular flexibility index (Phi) is 24.3. The molecule has 18 heteroatoms. The maximum atomic E-state index is 13.4. The van der Waals surface area contributed by atoms with Gasteiger partial charge in [0.2, 0.25) is 0 Å². The summed E-state index contributed by atoms with van der Waals surface area (Å²) in [7, 11) is 0. The zero-order valence-corrected chi connectivity index (χ0v) is 54.7. The zero-order valence-electron chi connectivity index (χ0n) is 47.2. The number of benzene rings is 6. The van der Waals surface area contributed by atoms with Crippen molar-refractivity contribution in [1.29, 1.82) is 0 Å². The van der Waals surface area contributed by atoms with Crippen LogP contribution in [0.15, 0.2) is 113 Å². The first-order valence-corrected chi connectivity index (χ1v) is 32.0. The monoisotopic (exact) mass is 1490 g/mol. The number of fused-ring (bicyclic) bond motifs is 3. The van der Waals surface area contributed by atoms with Crippen molar-refractivity contribution in [2.45, 2.75) is 117 Å². The van der Waals surface area contributed by atoms with E-state index < -0.39 is 0 Å². The Balaban J connectivity index is 0.000000181. The zero-order chi connectivity index (χ0) is 60.8. The molecule has 444 valence electrons. The number of aliphatic hydroxyl groups excluding tert-OH is 3. The number of anilines is 2. The van der Waals surface area contributed by atoms with Crippen molar-refractivity contribution in [2.24, 2.45) is 0 Å². The number of nitrogens with two attached hydrogens (primary N) is 2. The minimum absolute atomic E-state index is 0.0647. The standard InChI is InChI=1S/C22H22Br2O4.C22H22I2O4.C22H26N2O4/c3*1-2-5-18-20(21(26)14-11-16(23)22(27)17(24)12-14)15-8-7-13(6-3-4-9-25)10-19(15)28-18/h2*7-8,10-12,25,27H,2-6,9H2,1H3;7-8,10-12,25,27H,2-6,9,23-24H2,1H3. The third-order valence-corrected chi connectivity index (χ3v) is 17.1. The van der Waals surface area contributed by atoms with Gasteiger partial charge in [-0.2, -0.15) is 0 Å². The van der Waals surface area contributed by atoms with Crippen LogP contribution < -0.4 is 11.5 Å². The van der Waals surface area contributed by atoms with Crippen molar-refractivity contribution < 1.29 is 58.3 Å². The highest BCUT2D eigenvalue weighted by Crippen LogP contribution is 2.39. The van der Waals surface area contributed by atoms with Crippen LogP contribution in [-0.2, 0) is 38.5 Å². The van der Waals surface area contributed by atoms with Crippen LogP contribution in [0.1, 0.15) is 160 Å². The first kappa shape index (κ1) is 65.8. The molecule has 3 aromatic heterocycles. The van der Waals surface area contributed by atoms with Crippen LogP contribution in [-0.4, -0.2) is 67.8 Å². The van der Waals surface area contributed by atoms with E-state index in [2.05, 4.69) is 45.7 Å². The molecule has 9 aromatic rings. The number of phenols is 3. The highest BCUT2D eigenvalue weighted by atomic mass is 127. The summed E-state index contributed by atoms with van der Waals surface area (Å²) in [6.45, 7) is 6.72. The molecule has 0 aliphatic rings. The summed E-state index contributed by atoms with van der Waals surface area (Å²) in [6, 6.07) is 27.4. The van der Waals surface area contributed by atoms with Gasteiger partial charge in [0, 0.05) is 71.9 Å². The molecule has 6 aromatic carbocycles. The van der Waals surface area contributed by atoms with E-state index >= 15 is 0 Å². The molecule has 0 saturated heterocycles. The van der Waals surface area contributed by atoms with Gasteiger partial charge in [-0.3, -0.25) is 14.4 Å². The lowest BCUT2D eigenvalue weighted by molar-refractivity contribution is 0.103. The number of hydrogen-bond donors (Lipinski definition) is 8. The number of furan rings is 3. The van der Waals surface area contributed by atoms with Gasteiger partial charge < -0.3 is 55.4 Å². The van der Waals surface area contributed by atoms with E-state index in [4.69, 9.17) is 40.0 Å². The number of carbonyl (C=O) groups excluding carboxylic acids is 3. The number of halogens is 4. The molecule has 10 N–H and O–H groups in total. The average molecular weight is 1500 g/mol. The van der Waals surface area contributed by atoms with E-state index in [9.17, 15) is 29.7 Å². The van der Waals surface area contributed by atoms with Gasteiger partial charge in [-0.15, -0.1) is 0 Å². The van der Waals surface area contributed by atoms with Gasteiger partial charge in [-0.05, 0) is 225 Å². The smallest absolute Gasteiger partial charge is 0.197 e. The molecular formula is C66H70Br2I2N2O12. The SMILES string of the molecule is CCCc1oc2cc(CCCCO)ccc2c1C(=O)c1cc(Br)c(O)c(Br)c1.CCCc1oc2cc(CCCCO)ccc2c1C(=O)c1cc(I)c(O)c(I)c1.CCCc1oc2cc(CCCCO)ccc2c1C(=O)c1cc(N)c(O)c(N)c1. The van der Waals surface area contributed by atoms with E-state index in [1.165, 1.54) is 12.1 Å². The minimum atomic E-state index is -0.228. The van der Waals surface area contributed by atoms with Crippen molar-refractivity contribution in [3.63, 3.8) is 0 Å². The maximum absolute atomic E-state index is 13.4. The molecule has 0 amide bonds. The fourth-order valence-corrected chi connectivity index (χ4v) is 12.9. The van der Waals surface area contributed by atoms with E-state index in [-0.39, 0.29) is 65.8 Å². The number of aryl methyl sites for hydroxylation is 6. The number of aromatic hydroxyl groups is 3. The van der Waals surface area contributed by atoms with Crippen LogP contribution >= 0.6 is 77.0 Å². The molecule has 84 heavy (non-hydrogen) atoms. The number of ketones is 3. The van der Waals surface area contributed by atoms with Crippen molar-refractivity contribution in [3.8, 4) is 17.2 Å². The lowest BCUT2D eigenvalue weighted by atomic mass is 9.96. The molecule has 3 heterocycles. The molecule has 0 atom stereocenters. The van der Waals surface area contributed by atoms with Gasteiger partial charge in [0.05, 0.1) is 44.2 Å². The Morgan fingerprint density at radius 3 is 1.05 bits per heavy atom. The number of hydrogen-bond acceptors (Lipinski definition) is 14. The Labute approximate surface area is 532 Å². The number of unbranched alkanes of at least 4 members (excludes halogenated alkanes) is 3. The van der Waals surface area contributed by atoms with Crippen LogP contribution in [0, 0.1) is 7.14 Å². The molecule has 0 aliphatic carbocycles. The first-order valence-electron chi connectivity index (χ1n) is 28.2. The van der Waals surface area contributed by atoms with Crippen LogP contribution in [0.3, 0.4) is 0 Å². The van der Waals surface area contributed by atoms with Crippen molar-refractivity contribution in [1.82, 2.24) is 0 Å². The quantitative estimate of drug-likeness (QED) is 0.00920. The normalized spacial score (nSPS) is 11.3. The highest BCUT2D eigenvalue weighted by molar-refractivity contribution is 14.1. The number of nitrogen functional groups attached to an aromatic ring is 2. The Hall–Kier alpha value is -5.75. The molecular weight excluding hydrogens is 1430 g/mol. The predicted octanol–water partition coefficient (Wildman–Crippen LogP) is 15.8. The summed E-state index contributed by atoms with van der Waals surface area (Å²) < 4.78 is 20.4. The third-order valence-electron chi connectivity index (χ3n) is 14.2. The van der Waals surface area contributed by atoms with Gasteiger partial charge >= 0.3 is 0 Å². The fourth-order valence-electron chi connectivity index (χ4n) is 9.96. The van der Waals surface area contributed by atoms with Crippen molar-refractivity contribution in [3.05, 3.63) is 174 Å². The lowest BCUT2D eigenvalue weighted by Crippen LogP contribution is -2.06. The highest BCUT2D eigenvalue weighted by Gasteiger charge is 2.27. The summed E-state index contributed by atoms with van der Waals surface area (Å²) in [6.07, 6.45) is 12.2. The predicted molar refractivity (Wildman–Crippen MR) is 355 cm³/mol. The number of rotatable bonds is 24. The Bertz CT molecular complexity index is 3350. The summed E-state index contributed by atoms with van der Waals surface area (Å²) in [5, 5.41) is 59.0. The van der Waals surface area contributed by atoms with Crippen LogP contribution in [0.2, 0.25) is 0 Å². The molecule has 0 fully saturated rings. The van der Waals surface area contributed by atoms with Gasteiger partial charge in [-0.1, -0.05) is 57.2 Å². The second-order valence-corrected chi connectivity index (χ2v) is 24.6. The molecule has 0 unspecified atom stereocenters. The summed E-state index contributed by atoms with van der Waals surface area (Å²) >= 11 is 10.7. The molecule has 9 rings (SSSR count). The van der Waals surface area contributed by atoms with Gasteiger partial charge in [0.1, 0.15) is 45.5 Å². The van der Waals surface area contributed by atoms with Gasteiger partial charge in [-0.25, -0.2) is 0 Å². The first-order chi connectivity index (χ1) is 40.4. The molecule has 0 radical (unpaired) electrons. The second-order valence-electron chi connectivity index (χ2n) is 20.6. The van der Waals surface area contributed by atoms with E-state index in [1.807, 2.05) is 107 Å². The average Bonchev–Trinajstić information content (AvgIpc) is 2.74. The summed E-state index contributed by atoms with van der Waals surface area (Å²) in [5.74, 6) is 1.67. The molecule has 0 aliphatic heterocycles. The number of aliphatic hydroxyl groups is 3. The molecule has 0 bridgehead atoms. The van der Waals surface area contributed by atoms with Crippen molar-refractivity contribution >= 4 is 139 Å². The number of carbonyl (C=O) groups is 3. The second kappa shape index (κ2) is 31.1. The van der Waals surface area contributed by atoms with Gasteiger partial charge in [0.15, 0.2) is 23.1 Å². The molecule has 14 nitrogen and oxygen atoms in total. The largest absolute Gasteiger partial charge is 0.506 e. The Morgan fingerprint density at radius 2 is 0.738 bits per heavy atom. The third kappa shape index (κ3) is 15.8. The minimum Gasteiger partial charge on any atom is -0.506 e. The van der Waals surface area contributed by atoms with Crippen LogP contribution in [0.5, 0.6) is 17.2 Å². The van der Waals surface area contributed by atoms with Crippen LogP contribution in [0.25, 0.3) is 32.9 Å². The van der Waals surface area contributed by atoms with E-state index in [1.54, 1.807) is 24.3 Å². The Morgan fingerprint density at radius 1 is 0.429 bits per heavy atom. The fraction of sp³-hybridized carbons (Fsp3) is 0.318. The van der Waals surface area contributed by atoms with Gasteiger partial charge in [0.25, 0.3) is 0 Å². The molecule has 0 spiro atoms. The van der Waals surface area contributed by atoms with E-state index in [0.717, 1.165) is 115 Å². The van der Waals surface area contributed by atoms with Crippen molar-refractivity contribution in [2.75, 3.05) is 31.3 Å². The summed E-state index contributed by atoms with van der Waals surface area (Å²) in [5.41, 5.74) is 20.3. The lowest BCUT2D eigenvalue weighted by Gasteiger charge is -2.07. The topological polar surface area (TPSA) is 264 Å². The summed E-state index contributed by atoms with van der Waals surface area (Å²) in [4.78, 5) is 39.9.